The standard InChI is InChI=1S/C7H7ClF3N3O2/c8-1-5(15)13-4-2-12-14-6(4)16-3-7(9,10)11/h2H,1,3H2,(H,12,14)(H,13,15). The molecule has 16 heavy (non-hydrogen) atoms. The van der Waals surface area contributed by atoms with Crippen molar-refractivity contribution < 1.29 is 22.7 Å². The Bertz CT molecular complexity index is 366. The molecule has 0 saturated carbocycles. The number of H-pyrrole nitrogens is 1. The van der Waals surface area contributed by atoms with Crippen molar-refractivity contribution in [1.82, 2.24) is 10.2 Å². The minimum absolute atomic E-state index is 0.00917. The number of anilines is 1. The van der Waals surface area contributed by atoms with Crippen LogP contribution in [0.1, 0.15) is 0 Å². The van der Waals surface area contributed by atoms with Gasteiger partial charge in [0.15, 0.2) is 6.61 Å². The summed E-state index contributed by atoms with van der Waals surface area (Å²) in [6.07, 6.45) is -3.34. The monoisotopic (exact) mass is 257 g/mol. The molecule has 0 spiro atoms. The average molecular weight is 258 g/mol. The molecule has 0 aliphatic rings. The van der Waals surface area contributed by atoms with Crippen molar-refractivity contribution in [1.29, 1.82) is 0 Å². The third-order valence-electron chi connectivity index (χ3n) is 1.38. The molecule has 0 atom stereocenters. The summed E-state index contributed by atoms with van der Waals surface area (Å²) in [6, 6.07) is 0. The summed E-state index contributed by atoms with van der Waals surface area (Å²) in [5.41, 5.74) is 0.00917. The van der Waals surface area contributed by atoms with Crippen molar-refractivity contribution in [2.75, 3.05) is 17.8 Å². The number of hydrogen-bond donors (Lipinski definition) is 2. The van der Waals surface area contributed by atoms with Crippen LogP contribution in [-0.4, -0.2) is 34.8 Å². The highest BCUT2D eigenvalue weighted by molar-refractivity contribution is 6.29. The summed E-state index contributed by atoms with van der Waals surface area (Å²) in [5.74, 6) is -1.15. The lowest BCUT2D eigenvalue weighted by Gasteiger charge is -2.08. The van der Waals surface area contributed by atoms with E-state index in [-0.39, 0.29) is 17.4 Å². The lowest BCUT2D eigenvalue weighted by molar-refractivity contribution is -0.153. The van der Waals surface area contributed by atoms with E-state index in [0.717, 1.165) is 6.20 Å². The third kappa shape index (κ3) is 3.97. The van der Waals surface area contributed by atoms with Crippen molar-refractivity contribution in [3.8, 4) is 5.88 Å². The summed E-state index contributed by atoms with van der Waals surface area (Å²) >= 11 is 5.21. The Morgan fingerprint density at radius 1 is 1.62 bits per heavy atom. The van der Waals surface area contributed by atoms with Crippen molar-refractivity contribution in [2.24, 2.45) is 0 Å². The van der Waals surface area contributed by atoms with Crippen LogP contribution in [0.25, 0.3) is 0 Å². The number of carbonyl (C=O) groups is 1. The highest BCUT2D eigenvalue weighted by atomic mass is 35.5. The zero-order valence-corrected chi connectivity index (χ0v) is 8.52. The second-order valence-electron chi connectivity index (χ2n) is 2.70. The second-order valence-corrected chi connectivity index (χ2v) is 2.97. The van der Waals surface area contributed by atoms with Gasteiger partial charge < -0.3 is 10.1 Å². The minimum Gasteiger partial charge on any atom is -0.467 e. The van der Waals surface area contributed by atoms with Crippen LogP contribution < -0.4 is 10.1 Å². The highest BCUT2D eigenvalue weighted by Crippen LogP contribution is 2.23. The summed E-state index contributed by atoms with van der Waals surface area (Å²) in [4.78, 5) is 10.9. The first-order chi connectivity index (χ1) is 7.42. The first-order valence-corrected chi connectivity index (χ1v) is 4.54. The van der Waals surface area contributed by atoms with Crippen LogP contribution in [0.3, 0.4) is 0 Å². The largest absolute Gasteiger partial charge is 0.467 e. The first kappa shape index (κ1) is 12.6. The van der Waals surface area contributed by atoms with Gasteiger partial charge in [-0.15, -0.1) is 11.6 Å². The van der Waals surface area contributed by atoms with Crippen molar-refractivity contribution in [3.63, 3.8) is 0 Å². The number of carbonyl (C=O) groups excluding carboxylic acids is 1. The molecule has 0 aromatic carbocycles. The lowest BCUT2D eigenvalue weighted by atomic mass is 10.5. The molecule has 5 nitrogen and oxygen atoms in total. The normalized spacial score (nSPS) is 11.2. The van der Waals surface area contributed by atoms with Crippen LogP contribution in [-0.2, 0) is 4.79 Å². The van der Waals surface area contributed by atoms with Gasteiger partial charge in [-0.2, -0.15) is 18.3 Å². The summed E-state index contributed by atoms with van der Waals surface area (Å²) in [5, 5.41) is 7.83. The molecule has 0 unspecified atom stereocenters. The number of aromatic nitrogens is 2. The molecular formula is C7H7ClF3N3O2. The van der Waals surface area contributed by atoms with Gasteiger partial charge in [-0.3, -0.25) is 4.79 Å². The molecule has 9 heteroatoms. The topological polar surface area (TPSA) is 67.0 Å². The maximum atomic E-state index is 11.8. The van der Waals surface area contributed by atoms with Gasteiger partial charge in [-0.1, -0.05) is 0 Å². The molecule has 1 rings (SSSR count). The number of ether oxygens (including phenoxy) is 1. The number of rotatable bonds is 4. The number of amides is 1. The molecule has 2 N–H and O–H groups in total. The van der Waals surface area contributed by atoms with E-state index >= 15 is 0 Å². The van der Waals surface area contributed by atoms with Crippen molar-refractivity contribution in [2.45, 2.75) is 6.18 Å². The molecule has 1 heterocycles. The van der Waals surface area contributed by atoms with Gasteiger partial charge in [0.05, 0.1) is 6.20 Å². The van der Waals surface area contributed by atoms with Crippen molar-refractivity contribution >= 4 is 23.2 Å². The van der Waals surface area contributed by atoms with Gasteiger partial charge in [-0.25, -0.2) is 5.10 Å². The summed E-state index contributed by atoms with van der Waals surface area (Å²) in [7, 11) is 0. The smallest absolute Gasteiger partial charge is 0.422 e. The molecule has 90 valence electrons. The third-order valence-corrected chi connectivity index (χ3v) is 1.62. The predicted molar refractivity (Wildman–Crippen MR) is 49.5 cm³/mol. The molecular weight excluding hydrogens is 251 g/mol. The number of halogens is 4. The molecule has 0 radical (unpaired) electrons. The van der Waals surface area contributed by atoms with Gasteiger partial charge in [0.1, 0.15) is 11.6 Å². The van der Waals surface area contributed by atoms with E-state index in [9.17, 15) is 18.0 Å². The molecule has 0 fully saturated rings. The SMILES string of the molecule is O=C(CCl)Nc1cn[nH]c1OCC(F)(F)F. The molecule has 0 saturated heterocycles. The van der Waals surface area contributed by atoms with Crippen LogP contribution in [0.15, 0.2) is 6.20 Å². The predicted octanol–water partition coefficient (Wildman–Crippen LogP) is 1.53. The van der Waals surface area contributed by atoms with Crippen LogP contribution in [0.5, 0.6) is 5.88 Å². The minimum atomic E-state index is -4.46. The van der Waals surface area contributed by atoms with E-state index in [1.165, 1.54) is 0 Å². The van der Waals surface area contributed by atoms with Crippen LogP contribution in [0, 0.1) is 0 Å². The average Bonchev–Trinajstić information content (AvgIpc) is 2.61. The molecule has 0 aliphatic heterocycles. The maximum absolute atomic E-state index is 11.8. The quantitative estimate of drug-likeness (QED) is 0.804. The fraction of sp³-hybridized carbons (Fsp3) is 0.429. The van der Waals surface area contributed by atoms with Gasteiger partial charge in [0.25, 0.3) is 0 Å². The first-order valence-electron chi connectivity index (χ1n) is 4.01. The number of nitrogens with one attached hydrogen (secondary N) is 2. The maximum Gasteiger partial charge on any atom is 0.422 e. The zero-order chi connectivity index (χ0) is 12.2. The molecule has 1 aromatic heterocycles. The van der Waals surface area contributed by atoms with Crippen LogP contribution in [0.2, 0.25) is 0 Å². The van der Waals surface area contributed by atoms with Crippen LogP contribution >= 0.6 is 11.6 Å². The van der Waals surface area contributed by atoms with E-state index in [1.54, 1.807) is 0 Å². The Labute approximate surface area is 92.9 Å². The zero-order valence-electron chi connectivity index (χ0n) is 7.77. The van der Waals surface area contributed by atoms with E-state index in [4.69, 9.17) is 11.6 Å². The molecule has 0 bridgehead atoms. The molecule has 1 aromatic rings. The van der Waals surface area contributed by atoms with Gasteiger partial charge in [0, 0.05) is 0 Å². The fourth-order valence-corrected chi connectivity index (χ4v) is 0.878. The number of aromatic amines is 1. The number of nitrogens with zero attached hydrogens (tertiary/aromatic N) is 1. The van der Waals surface area contributed by atoms with E-state index in [1.807, 2.05) is 0 Å². The van der Waals surface area contributed by atoms with E-state index < -0.39 is 18.7 Å². The van der Waals surface area contributed by atoms with Crippen LogP contribution in [0.4, 0.5) is 18.9 Å². The number of hydrogen-bond acceptors (Lipinski definition) is 3. The van der Waals surface area contributed by atoms with Crippen molar-refractivity contribution in [3.05, 3.63) is 6.20 Å². The Balaban J connectivity index is 2.60. The number of alkyl halides is 4. The summed E-state index contributed by atoms with van der Waals surface area (Å²) in [6.45, 7) is -1.47. The van der Waals surface area contributed by atoms with Gasteiger partial charge in [-0.05, 0) is 0 Å². The van der Waals surface area contributed by atoms with Gasteiger partial charge >= 0.3 is 6.18 Å². The second kappa shape index (κ2) is 5.06. The Hall–Kier alpha value is -1.44. The Morgan fingerprint density at radius 3 is 2.88 bits per heavy atom. The van der Waals surface area contributed by atoms with Gasteiger partial charge in [0.2, 0.25) is 11.8 Å². The van der Waals surface area contributed by atoms with E-state index in [2.05, 4.69) is 20.3 Å². The Morgan fingerprint density at radius 2 is 2.31 bits per heavy atom. The van der Waals surface area contributed by atoms with E-state index in [0.29, 0.717) is 0 Å². The summed E-state index contributed by atoms with van der Waals surface area (Å²) < 4.78 is 39.9. The Kier molecular flexibility index (Phi) is 3.99. The lowest BCUT2D eigenvalue weighted by Crippen LogP contribution is -2.20. The fourth-order valence-electron chi connectivity index (χ4n) is 0.811. The molecule has 1 amide bonds. The molecule has 0 aliphatic carbocycles. The highest BCUT2D eigenvalue weighted by Gasteiger charge is 2.29.